The molecule has 0 radical (unpaired) electrons. The Morgan fingerprint density at radius 3 is 3.00 bits per heavy atom. The third-order valence-electron chi connectivity index (χ3n) is 2.57. The predicted octanol–water partition coefficient (Wildman–Crippen LogP) is 0.0992. The summed E-state index contributed by atoms with van der Waals surface area (Å²) in [6.07, 6.45) is 4.11. The molecule has 2 rings (SSSR count). The Bertz CT molecular complexity index is 449. The molecule has 0 unspecified atom stereocenters. The Balaban J connectivity index is 1.91. The third kappa shape index (κ3) is 2.62. The van der Waals surface area contributed by atoms with Crippen LogP contribution < -0.4 is 16.6 Å². The van der Waals surface area contributed by atoms with Crippen molar-refractivity contribution in [3.63, 3.8) is 0 Å². The topological polar surface area (TPSA) is 77.1 Å². The van der Waals surface area contributed by atoms with E-state index in [1.165, 1.54) is 4.57 Å². The van der Waals surface area contributed by atoms with Crippen molar-refractivity contribution in [2.24, 2.45) is 0 Å². The van der Waals surface area contributed by atoms with E-state index in [1.54, 1.807) is 18.3 Å². The number of amides is 1. The Kier molecular flexibility index (Phi) is 2.94. The van der Waals surface area contributed by atoms with E-state index in [4.69, 9.17) is 5.73 Å². The average molecular weight is 221 g/mol. The molecule has 5 heteroatoms. The molecule has 86 valence electrons. The molecule has 0 aromatic carbocycles. The Hall–Kier alpha value is -1.78. The number of pyridine rings is 1. The van der Waals surface area contributed by atoms with Crippen LogP contribution in [-0.2, 0) is 11.3 Å². The number of nitrogens with one attached hydrogen (secondary N) is 1. The maximum Gasteiger partial charge on any atom is 0.273 e. The zero-order valence-corrected chi connectivity index (χ0v) is 8.98. The molecule has 1 aromatic rings. The van der Waals surface area contributed by atoms with Gasteiger partial charge in [0.15, 0.2) is 0 Å². The van der Waals surface area contributed by atoms with Crippen LogP contribution in [0.5, 0.6) is 0 Å². The molecule has 5 nitrogen and oxygen atoms in total. The quantitative estimate of drug-likeness (QED) is 0.757. The number of hydrogen-bond donors (Lipinski definition) is 2. The molecule has 3 N–H and O–H groups in total. The van der Waals surface area contributed by atoms with Crippen molar-refractivity contribution < 1.29 is 4.79 Å². The van der Waals surface area contributed by atoms with E-state index in [2.05, 4.69) is 5.32 Å². The monoisotopic (exact) mass is 221 g/mol. The molecule has 1 heterocycles. The van der Waals surface area contributed by atoms with E-state index in [-0.39, 0.29) is 17.2 Å². The summed E-state index contributed by atoms with van der Waals surface area (Å²) in [7, 11) is 0. The van der Waals surface area contributed by atoms with Gasteiger partial charge in [-0.15, -0.1) is 0 Å². The van der Waals surface area contributed by atoms with Crippen LogP contribution in [0.2, 0.25) is 0 Å². The summed E-state index contributed by atoms with van der Waals surface area (Å²) in [5.74, 6) is -0.00294. The molecule has 1 aliphatic rings. The summed E-state index contributed by atoms with van der Waals surface area (Å²) in [5, 5.41) is 2.87. The maximum atomic E-state index is 11.5. The molecule has 1 aromatic heterocycles. The number of nitrogens with two attached hydrogens (primary N) is 1. The molecule has 1 aliphatic carbocycles. The fraction of sp³-hybridized carbons (Fsp3) is 0.455. The lowest BCUT2D eigenvalue weighted by molar-refractivity contribution is -0.121. The van der Waals surface area contributed by atoms with Gasteiger partial charge in [-0.05, 0) is 25.0 Å². The smallest absolute Gasteiger partial charge is 0.273 e. The summed E-state index contributed by atoms with van der Waals surface area (Å²) < 4.78 is 1.46. The second-order valence-electron chi connectivity index (χ2n) is 4.05. The van der Waals surface area contributed by atoms with Gasteiger partial charge >= 0.3 is 0 Å². The highest BCUT2D eigenvalue weighted by atomic mass is 16.2. The van der Waals surface area contributed by atoms with Crippen molar-refractivity contribution in [2.75, 3.05) is 5.73 Å². The molecule has 0 aliphatic heterocycles. The summed E-state index contributed by atoms with van der Waals surface area (Å²) in [6, 6.07) is 3.63. The van der Waals surface area contributed by atoms with Gasteiger partial charge in [0, 0.05) is 25.2 Å². The van der Waals surface area contributed by atoms with Crippen LogP contribution in [0.3, 0.4) is 0 Å². The third-order valence-corrected chi connectivity index (χ3v) is 2.57. The molecule has 1 fully saturated rings. The zero-order chi connectivity index (χ0) is 11.5. The molecule has 1 amide bonds. The molecular formula is C11H15N3O2. The summed E-state index contributed by atoms with van der Waals surface area (Å²) >= 11 is 0. The lowest BCUT2D eigenvalue weighted by Gasteiger charge is -2.06. The normalized spacial score (nSPS) is 14.8. The van der Waals surface area contributed by atoms with Crippen LogP contribution in [0.15, 0.2) is 23.1 Å². The first kappa shape index (κ1) is 10.7. The van der Waals surface area contributed by atoms with E-state index in [0.29, 0.717) is 19.0 Å². The molecule has 16 heavy (non-hydrogen) atoms. The largest absolute Gasteiger partial charge is 0.394 e. The fourth-order valence-corrected chi connectivity index (χ4v) is 1.48. The lowest BCUT2D eigenvalue weighted by atomic mass is 10.3. The van der Waals surface area contributed by atoms with Gasteiger partial charge in [0.1, 0.15) is 0 Å². The molecule has 0 bridgehead atoms. The van der Waals surface area contributed by atoms with E-state index < -0.39 is 0 Å². The fourth-order valence-electron chi connectivity index (χ4n) is 1.48. The van der Waals surface area contributed by atoms with Crippen LogP contribution in [0.4, 0.5) is 5.69 Å². The number of carbonyl (C=O) groups excluding carboxylic acids is 1. The Labute approximate surface area is 93.3 Å². The van der Waals surface area contributed by atoms with Crippen LogP contribution in [0.25, 0.3) is 0 Å². The van der Waals surface area contributed by atoms with Crippen LogP contribution in [0.1, 0.15) is 19.3 Å². The minimum absolute atomic E-state index is 0.00294. The van der Waals surface area contributed by atoms with Gasteiger partial charge in [0.25, 0.3) is 5.56 Å². The molecule has 0 saturated heterocycles. The maximum absolute atomic E-state index is 11.5. The number of rotatable bonds is 4. The van der Waals surface area contributed by atoms with Crippen LogP contribution >= 0.6 is 0 Å². The second kappa shape index (κ2) is 4.38. The zero-order valence-electron chi connectivity index (χ0n) is 8.98. The summed E-state index contributed by atoms with van der Waals surface area (Å²) in [5.41, 5.74) is 5.46. The summed E-state index contributed by atoms with van der Waals surface area (Å²) in [6.45, 7) is 0.377. The van der Waals surface area contributed by atoms with Crippen LogP contribution in [-0.4, -0.2) is 16.5 Å². The number of hydrogen-bond acceptors (Lipinski definition) is 3. The number of nitrogen functional groups attached to an aromatic ring is 1. The van der Waals surface area contributed by atoms with Crippen molar-refractivity contribution in [2.45, 2.75) is 31.8 Å². The van der Waals surface area contributed by atoms with Crippen molar-refractivity contribution in [1.29, 1.82) is 0 Å². The SMILES string of the molecule is Nc1cccn(CCC(=O)NC2CC2)c1=O. The molecule has 1 saturated carbocycles. The van der Waals surface area contributed by atoms with Gasteiger partial charge in [-0.1, -0.05) is 0 Å². The average Bonchev–Trinajstić information content (AvgIpc) is 3.04. The van der Waals surface area contributed by atoms with E-state index in [9.17, 15) is 9.59 Å². The minimum atomic E-state index is -0.235. The highest BCUT2D eigenvalue weighted by Gasteiger charge is 2.22. The first-order chi connectivity index (χ1) is 7.66. The van der Waals surface area contributed by atoms with Gasteiger partial charge in [-0.3, -0.25) is 9.59 Å². The molecule has 0 atom stereocenters. The van der Waals surface area contributed by atoms with E-state index in [0.717, 1.165) is 12.8 Å². The van der Waals surface area contributed by atoms with Crippen molar-refractivity contribution in [3.05, 3.63) is 28.7 Å². The van der Waals surface area contributed by atoms with E-state index in [1.807, 2.05) is 0 Å². The predicted molar refractivity (Wildman–Crippen MR) is 60.9 cm³/mol. The highest BCUT2D eigenvalue weighted by Crippen LogP contribution is 2.18. The number of carbonyl (C=O) groups is 1. The van der Waals surface area contributed by atoms with Crippen LogP contribution in [0, 0.1) is 0 Å². The Morgan fingerprint density at radius 1 is 1.56 bits per heavy atom. The minimum Gasteiger partial charge on any atom is -0.394 e. The second-order valence-corrected chi connectivity index (χ2v) is 4.05. The number of aryl methyl sites for hydroxylation is 1. The number of aromatic nitrogens is 1. The highest BCUT2D eigenvalue weighted by molar-refractivity contribution is 5.76. The van der Waals surface area contributed by atoms with Crippen molar-refractivity contribution in [3.8, 4) is 0 Å². The van der Waals surface area contributed by atoms with Crippen molar-refractivity contribution >= 4 is 11.6 Å². The van der Waals surface area contributed by atoms with Gasteiger partial charge < -0.3 is 15.6 Å². The standard InChI is InChI=1S/C11H15N3O2/c12-9-2-1-6-14(11(9)16)7-5-10(15)13-8-3-4-8/h1-2,6,8H,3-5,7,12H2,(H,13,15). The van der Waals surface area contributed by atoms with Gasteiger partial charge in [0.2, 0.25) is 5.91 Å². The van der Waals surface area contributed by atoms with E-state index >= 15 is 0 Å². The number of nitrogens with zero attached hydrogens (tertiary/aromatic N) is 1. The molecular weight excluding hydrogens is 206 g/mol. The lowest BCUT2D eigenvalue weighted by Crippen LogP contribution is -2.29. The van der Waals surface area contributed by atoms with Crippen molar-refractivity contribution in [1.82, 2.24) is 9.88 Å². The summed E-state index contributed by atoms with van der Waals surface area (Å²) in [4.78, 5) is 22.9. The first-order valence-corrected chi connectivity index (χ1v) is 5.41. The number of anilines is 1. The van der Waals surface area contributed by atoms with Gasteiger partial charge in [-0.25, -0.2) is 0 Å². The van der Waals surface area contributed by atoms with Gasteiger partial charge in [-0.2, -0.15) is 0 Å². The first-order valence-electron chi connectivity index (χ1n) is 5.41. The van der Waals surface area contributed by atoms with Gasteiger partial charge in [0.05, 0.1) is 5.69 Å². The molecule has 0 spiro atoms. The Morgan fingerprint density at radius 2 is 2.31 bits per heavy atom.